The number of furan rings is 1. The fraction of sp³-hybridized carbons (Fsp3) is 0.235. The Kier molecular flexibility index (Phi) is 4.69. The highest BCUT2D eigenvalue weighted by Crippen LogP contribution is 2.20. The van der Waals surface area contributed by atoms with Crippen molar-refractivity contribution < 1.29 is 14.3 Å². The second-order valence-corrected chi connectivity index (χ2v) is 5.73. The standard InChI is InChI=1S/C17H17ClN2O3/c18-13-3-4-14-12(10-13)5-7-20(14)8-6-17(22)19-11-15(21)16-2-1-9-23-16/h1-5,7,9-10,15,21H,6,8,11H2,(H,19,22). The maximum Gasteiger partial charge on any atom is 0.221 e. The Hall–Kier alpha value is -2.24. The first kappa shape index (κ1) is 15.6. The number of rotatable bonds is 6. The van der Waals surface area contributed by atoms with Crippen molar-refractivity contribution in [2.45, 2.75) is 19.1 Å². The van der Waals surface area contributed by atoms with Crippen molar-refractivity contribution in [2.75, 3.05) is 6.54 Å². The van der Waals surface area contributed by atoms with E-state index in [0.717, 1.165) is 10.9 Å². The van der Waals surface area contributed by atoms with Gasteiger partial charge in [0.25, 0.3) is 0 Å². The first-order valence-corrected chi connectivity index (χ1v) is 7.74. The molecule has 2 heterocycles. The number of carbonyl (C=O) groups is 1. The molecule has 1 aromatic carbocycles. The highest BCUT2D eigenvalue weighted by atomic mass is 35.5. The number of amides is 1. The number of carbonyl (C=O) groups excluding carboxylic acids is 1. The molecule has 1 unspecified atom stereocenters. The smallest absolute Gasteiger partial charge is 0.221 e. The number of aliphatic hydroxyl groups excluding tert-OH is 1. The van der Waals surface area contributed by atoms with Crippen LogP contribution >= 0.6 is 11.6 Å². The Morgan fingerprint density at radius 2 is 2.22 bits per heavy atom. The summed E-state index contributed by atoms with van der Waals surface area (Å²) >= 11 is 5.96. The van der Waals surface area contributed by atoms with Crippen LogP contribution in [0.5, 0.6) is 0 Å². The maximum atomic E-state index is 11.9. The normalized spacial score (nSPS) is 12.4. The summed E-state index contributed by atoms with van der Waals surface area (Å²) in [6, 6.07) is 11.0. The fourth-order valence-corrected chi connectivity index (χ4v) is 2.65. The van der Waals surface area contributed by atoms with E-state index in [-0.39, 0.29) is 12.5 Å². The fourth-order valence-electron chi connectivity index (χ4n) is 2.47. The van der Waals surface area contributed by atoms with E-state index >= 15 is 0 Å². The van der Waals surface area contributed by atoms with E-state index in [0.29, 0.717) is 23.7 Å². The molecule has 0 saturated heterocycles. The van der Waals surface area contributed by atoms with Gasteiger partial charge in [0.2, 0.25) is 5.91 Å². The molecule has 0 aliphatic heterocycles. The highest BCUT2D eigenvalue weighted by Gasteiger charge is 2.12. The number of benzene rings is 1. The van der Waals surface area contributed by atoms with Crippen molar-refractivity contribution in [3.63, 3.8) is 0 Å². The molecule has 3 aromatic rings. The van der Waals surface area contributed by atoms with E-state index in [4.69, 9.17) is 16.0 Å². The Morgan fingerprint density at radius 3 is 3.00 bits per heavy atom. The number of hydrogen-bond donors (Lipinski definition) is 2. The maximum absolute atomic E-state index is 11.9. The van der Waals surface area contributed by atoms with E-state index in [1.54, 1.807) is 12.1 Å². The van der Waals surface area contributed by atoms with Gasteiger partial charge in [-0.15, -0.1) is 0 Å². The Labute approximate surface area is 138 Å². The summed E-state index contributed by atoms with van der Waals surface area (Å²) < 4.78 is 7.10. The van der Waals surface area contributed by atoms with Crippen LogP contribution in [0.15, 0.2) is 53.3 Å². The summed E-state index contributed by atoms with van der Waals surface area (Å²) in [7, 11) is 0. The van der Waals surface area contributed by atoms with Gasteiger partial charge in [-0.25, -0.2) is 0 Å². The molecular formula is C17H17ClN2O3. The molecule has 0 bridgehead atoms. The first-order valence-electron chi connectivity index (χ1n) is 7.36. The van der Waals surface area contributed by atoms with Crippen LogP contribution in [0.4, 0.5) is 0 Å². The predicted molar refractivity (Wildman–Crippen MR) is 88.2 cm³/mol. The Morgan fingerprint density at radius 1 is 1.35 bits per heavy atom. The van der Waals surface area contributed by atoms with Gasteiger partial charge in [0.15, 0.2) is 0 Å². The number of halogens is 1. The number of aryl methyl sites for hydroxylation is 1. The Balaban J connectivity index is 1.52. The van der Waals surface area contributed by atoms with Crippen LogP contribution in [0.25, 0.3) is 10.9 Å². The molecule has 1 atom stereocenters. The summed E-state index contributed by atoms with van der Waals surface area (Å²) in [5.74, 6) is 0.324. The van der Waals surface area contributed by atoms with Gasteiger partial charge in [-0.05, 0) is 36.4 Å². The van der Waals surface area contributed by atoms with Gasteiger partial charge < -0.3 is 19.4 Å². The van der Waals surface area contributed by atoms with Crippen LogP contribution in [-0.2, 0) is 11.3 Å². The van der Waals surface area contributed by atoms with Gasteiger partial charge in [0.1, 0.15) is 11.9 Å². The summed E-state index contributed by atoms with van der Waals surface area (Å²) in [4.78, 5) is 11.9. The number of aromatic nitrogens is 1. The molecular weight excluding hydrogens is 316 g/mol. The van der Waals surface area contributed by atoms with Crippen LogP contribution in [0.3, 0.4) is 0 Å². The second kappa shape index (κ2) is 6.89. The van der Waals surface area contributed by atoms with Crippen LogP contribution in [-0.4, -0.2) is 22.1 Å². The van der Waals surface area contributed by atoms with E-state index in [2.05, 4.69) is 5.32 Å². The molecule has 2 N–H and O–H groups in total. The molecule has 0 aliphatic carbocycles. The van der Waals surface area contributed by atoms with Crippen molar-refractivity contribution in [1.82, 2.24) is 9.88 Å². The number of nitrogens with one attached hydrogen (secondary N) is 1. The molecule has 3 rings (SSSR count). The largest absolute Gasteiger partial charge is 0.467 e. The van der Waals surface area contributed by atoms with Gasteiger partial charge >= 0.3 is 0 Å². The molecule has 0 radical (unpaired) electrons. The van der Waals surface area contributed by atoms with E-state index in [1.165, 1.54) is 6.26 Å². The van der Waals surface area contributed by atoms with Crippen molar-refractivity contribution in [2.24, 2.45) is 0 Å². The van der Waals surface area contributed by atoms with Gasteiger partial charge in [-0.3, -0.25) is 4.79 Å². The average Bonchev–Trinajstić information content (AvgIpc) is 3.20. The third-order valence-corrected chi connectivity index (χ3v) is 3.91. The van der Waals surface area contributed by atoms with E-state index in [9.17, 15) is 9.90 Å². The zero-order valence-corrected chi connectivity index (χ0v) is 13.2. The van der Waals surface area contributed by atoms with Crippen LogP contribution in [0.2, 0.25) is 5.02 Å². The number of nitrogens with zero attached hydrogens (tertiary/aromatic N) is 1. The Bertz CT molecular complexity index is 795. The molecule has 0 aliphatic rings. The number of hydrogen-bond acceptors (Lipinski definition) is 3. The quantitative estimate of drug-likeness (QED) is 0.728. The monoisotopic (exact) mass is 332 g/mol. The third kappa shape index (κ3) is 3.75. The molecule has 5 nitrogen and oxygen atoms in total. The number of aliphatic hydroxyl groups is 1. The average molecular weight is 333 g/mol. The van der Waals surface area contributed by atoms with Gasteiger partial charge in [0, 0.05) is 35.1 Å². The van der Waals surface area contributed by atoms with Gasteiger partial charge in [0.05, 0.1) is 12.8 Å². The second-order valence-electron chi connectivity index (χ2n) is 5.30. The lowest BCUT2D eigenvalue weighted by molar-refractivity contribution is -0.121. The van der Waals surface area contributed by atoms with Crippen LogP contribution < -0.4 is 5.32 Å². The lowest BCUT2D eigenvalue weighted by Gasteiger charge is -2.10. The van der Waals surface area contributed by atoms with E-state index < -0.39 is 6.10 Å². The predicted octanol–water partition coefficient (Wildman–Crippen LogP) is 3.13. The summed E-state index contributed by atoms with van der Waals surface area (Å²) in [6.45, 7) is 0.697. The van der Waals surface area contributed by atoms with Crippen molar-refractivity contribution in [3.05, 3.63) is 59.6 Å². The lowest BCUT2D eigenvalue weighted by atomic mass is 10.2. The lowest BCUT2D eigenvalue weighted by Crippen LogP contribution is -2.28. The van der Waals surface area contributed by atoms with Crippen LogP contribution in [0.1, 0.15) is 18.3 Å². The minimum Gasteiger partial charge on any atom is -0.467 e. The van der Waals surface area contributed by atoms with Crippen molar-refractivity contribution in [1.29, 1.82) is 0 Å². The molecule has 0 spiro atoms. The highest BCUT2D eigenvalue weighted by molar-refractivity contribution is 6.31. The number of fused-ring (bicyclic) bond motifs is 1. The molecule has 23 heavy (non-hydrogen) atoms. The zero-order valence-electron chi connectivity index (χ0n) is 12.4. The van der Waals surface area contributed by atoms with E-state index in [1.807, 2.05) is 35.0 Å². The summed E-state index contributed by atoms with van der Waals surface area (Å²) in [5, 5.41) is 14.3. The molecule has 1 amide bonds. The molecule has 0 fully saturated rings. The van der Waals surface area contributed by atoms with Gasteiger partial charge in [-0.2, -0.15) is 0 Å². The molecule has 120 valence electrons. The SMILES string of the molecule is O=C(CCn1ccc2cc(Cl)ccc21)NCC(O)c1ccco1. The first-order chi connectivity index (χ1) is 11.1. The molecule has 2 aromatic heterocycles. The van der Waals surface area contributed by atoms with Crippen molar-refractivity contribution >= 4 is 28.4 Å². The zero-order chi connectivity index (χ0) is 16.2. The molecule has 6 heteroatoms. The van der Waals surface area contributed by atoms with Crippen molar-refractivity contribution in [3.8, 4) is 0 Å². The third-order valence-electron chi connectivity index (χ3n) is 3.68. The summed E-state index contributed by atoms with van der Waals surface area (Å²) in [5.41, 5.74) is 1.04. The summed E-state index contributed by atoms with van der Waals surface area (Å²) in [6.07, 6.45) is 2.93. The van der Waals surface area contributed by atoms with Gasteiger partial charge in [-0.1, -0.05) is 11.6 Å². The molecule has 0 saturated carbocycles. The van der Waals surface area contributed by atoms with Crippen LogP contribution in [0, 0.1) is 0 Å². The minimum absolute atomic E-state index is 0.119. The minimum atomic E-state index is -0.830. The topological polar surface area (TPSA) is 67.4 Å².